The molecule has 2 atom stereocenters. The molecule has 3 aromatic rings. The molecule has 1 aliphatic rings. The highest BCUT2D eigenvalue weighted by Gasteiger charge is 2.37. The number of amides is 1. The fourth-order valence-corrected chi connectivity index (χ4v) is 4.48. The predicted octanol–water partition coefficient (Wildman–Crippen LogP) is 3.63. The number of nitrogens with one attached hydrogen (secondary N) is 2. The molecule has 1 amide bonds. The summed E-state index contributed by atoms with van der Waals surface area (Å²) in [6, 6.07) is 17.5. The minimum atomic E-state index is -0.365. The van der Waals surface area contributed by atoms with Crippen molar-refractivity contribution in [3.05, 3.63) is 60.2 Å². The molecule has 0 saturated heterocycles. The number of unbranched alkanes of at least 4 members (excludes halogenated alkanes) is 1. The molecule has 0 saturated carbocycles. The van der Waals surface area contributed by atoms with E-state index in [1.807, 2.05) is 59.3 Å². The maximum absolute atomic E-state index is 13.0. The fraction of sp³-hybridized carbons (Fsp3) is 0.318. The summed E-state index contributed by atoms with van der Waals surface area (Å²) < 4.78 is 7.17. The SMILES string of the molecule is CCCCNC(=O)C1Sc2nnc(-c3ccccc3)n2NC1c1ccc(OC)cc1. The highest BCUT2D eigenvalue weighted by molar-refractivity contribution is 8.00. The van der Waals surface area contributed by atoms with Crippen LogP contribution in [-0.4, -0.2) is 39.7 Å². The van der Waals surface area contributed by atoms with E-state index in [1.165, 1.54) is 11.8 Å². The summed E-state index contributed by atoms with van der Waals surface area (Å²) in [6.07, 6.45) is 1.99. The maximum atomic E-state index is 13.0. The van der Waals surface area contributed by atoms with Crippen LogP contribution < -0.4 is 15.5 Å². The van der Waals surface area contributed by atoms with E-state index < -0.39 is 0 Å². The van der Waals surface area contributed by atoms with Crippen LogP contribution in [0.2, 0.25) is 0 Å². The molecule has 0 fully saturated rings. The average Bonchev–Trinajstić information content (AvgIpc) is 3.22. The molecule has 2 heterocycles. The Labute approximate surface area is 180 Å². The summed E-state index contributed by atoms with van der Waals surface area (Å²) in [5, 5.41) is 12.1. The summed E-state index contributed by atoms with van der Waals surface area (Å²) in [6.45, 7) is 2.78. The van der Waals surface area contributed by atoms with Crippen LogP contribution in [-0.2, 0) is 4.79 Å². The summed E-state index contributed by atoms with van der Waals surface area (Å²) in [5.41, 5.74) is 5.45. The van der Waals surface area contributed by atoms with Crippen LogP contribution in [0.1, 0.15) is 31.4 Å². The number of hydrogen-bond acceptors (Lipinski definition) is 6. The molecule has 0 aliphatic carbocycles. The van der Waals surface area contributed by atoms with Gasteiger partial charge in [-0.15, -0.1) is 10.2 Å². The Morgan fingerprint density at radius 1 is 1.17 bits per heavy atom. The number of carbonyl (C=O) groups excluding carboxylic acids is 1. The van der Waals surface area contributed by atoms with Gasteiger partial charge in [0.1, 0.15) is 11.0 Å². The van der Waals surface area contributed by atoms with E-state index in [-0.39, 0.29) is 17.2 Å². The van der Waals surface area contributed by atoms with Crippen molar-refractivity contribution in [2.45, 2.75) is 36.2 Å². The number of carbonyl (C=O) groups is 1. The number of ether oxygens (including phenoxy) is 1. The van der Waals surface area contributed by atoms with Crippen molar-refractivity contribution in [1.29, 1.82) is 0 Å². The predicted molar refractivity (Wildman–Crippen MR) is 118 cm³/mol. The number of benzene rings is 2. The topological polar surface area (TPSA) is 81.1 Å². The molecule has 4 rings (SSSR count). The number of rotatable bonds is 7. The van der Waals surface area contributed by atoms with Gasteiger partial charge < -0.3 is 15.5 Å². The first kappa shape index (κ1) is 20.3. The summed E-state index contributed by atoms with van der Waals surface area (Å²) in [7, 11) is 1.64. The molecule has 0 spiro atoms. The first-order valence-corrected chi connectivity index (χ1v) is 10.9. The Balaban J connectivity index is 1.67. The minimum Gasteiger partial charge on any atom is -0.497 e. The van der Waals surface area contributed by atoms with Crippen LogP contribution in [0.3, 0.4) is 0 Å². The van der Waals surface area contributed by atoms with Crippen molar-refractivity contribution >= 4 is 17.7 Å². The second kappa shape index (κ2) is 9.21. The highest BCUT2D eigenvalue weighted by Crippen LogP contribution is 2.38. The molecule has 2 N–H and O–H groups in total. The Hall–Kier alpha value is -3.00. The van der Waals surface area contributed by atoms with Gasteiger partial charge in [-0.3, -0.25) is 4.79 Å². The Morgan fingerprint density at radius 3 is 2.63 bits per heavy atom. The second-order valence-corrected chi connectivity index (χ2v) is 8.18. The van der Waals surface area contributed by atoms with Crippen LogP contribution in [0.15, 0.2) is 59.8 Å². The van der Waals surface area contributed by atoms with Gasteiger partial charge in [0.25, 0.3) is 0 Å². The van der Waals surface area contributed by atoms with Gasteiger partial charge in [0.05, 0.1) is 13.2 Å². The lowest BCUT2D eigenvalue weighted by molar-refractivity contribution is -0.120. The van der Waals surface area contributed by atoms with E-state index in [0.29, 0.717) is 11.7 Å². The van der Waals surface area contributed by atoms with Gasteiger partial charge in [-0.05, 0) is 24.1 Å². The minimum absolute atomic E-state index is 0.00252. The van der Waals surface area contributed by atoms with Crippen LogP contribution in [0.4, 0.5) is 0 Å². The molecule has 0 bridgehead atoms. The number of fused-ring (bicyclic) bond motifs is 1. The second-order valence-electron chi connectivity index (χ2n) is 7.07. The molecular formula is C22H25N5O2S. The molecule has 8 heteroatoms. The zero-order valence-electron chi connectivity index (χ0n) is 17.0. The van der Waals surface area contributed by atoms with E-state index in [0.717, 1.165) is 35.5 Å². The van der Waals surface area contributed by atoms with Crippen molar-refractivity contribution in [3.8, 4) is 17.1 Å². The van der Waals surface area contributed by atoms with Crippen molar-refractivity contribution in [2.75, 3.05) is 19.1 Å². The summed E-state index contributed by atoms with van der Waals surface area (Å²) in [5.74, 6) is 1.50. The zero-order valence-corrected chi connectivity index (χ0v) is 17.9. The summed E-state index contributed by atoms with van der Waals surface area (Å²) in [4.78, 5) is 13.0. The number of aromatic nitrogens is 3. The monoisotopic (exact) mass is 423 g/mol. The van der Waals surface area contributed by atoms with E-state index in [2.05, 4.69) is 27.9 Å². The normalized spacial score (nSPS) is 17.7. The van der Waals surface area contributed by atoms with Gasteiger partial charge >= 0.3 is 0 Å². The lowest BCUT2D eigenvalue weighted by Gasteiger charge is -2.33. The lowest BCUT2D eigenvalue weighted by Crippen LogP contribution is -2.44. The van der Waals surface area contributed by atoms with Gasteiger partial charge in [-0.1, -0.05) is 67.6 Å². The molecule has 156 valence electrons. The van der Waals surface area contributed by atoms with Crippen molar-refractivity contribution in [3.63, 3.8) is 0 Å². The van der Waals surface area contributed by atoms with Gasteiger partial charge in [0.15, 0.2) is 5.82 Å². The standard InChI is InChI=1S/C22H25N5O2S/c1-3-4-14-23-21(28)19-18(15-10-12-17(29-2)13-11-15)26-27-20(24-25-22(27)30-19)16-8-6-5-7-9-16/h5-13,18-19,26H,3-4,14H2,1-2H3,(H,23,28). The van der Waals surface area contributed by atoms with Gasteiger partial charge in [0.2, 0.25) is 11.1 Å². The van der Waals surface area contributed by atoms with Crippen LogP contribution in [0, 0.1) is 0 Å². The van der Waals surface area contributed by atoms with Crippen LogP contribution in [0.5, 0.6) is 5.75 Å². The Morgan fingerprint density at radius 2 is 1.93 bits per heavy atom. The molecule has 30 heavy (non-hydrogen) atoms. The molecule has 7 nitrogen and oxygen atoms in total. The molecular weight excluding hydrogens is 398 g/mol. The van der Waals surface area contributed by atoms with Crippen molar-refractivity contribution in [1.82, 2.24) is 20.2 Å². The fourth-order valence-electron chi connectivity index (χ4n) is 3.38. The lowest BCUT2D eigenvalue weighted by atomic mass is 10.0. The Bertz CT molecular complexity index is 991. The molecule has 2 aromatic carbocycles. The molecule has 2 unspecified atom stereocenters. The van der Waals surface area contributed by atoms with Crippen molar-refractivity contribution in [2.24, 2.45) is 0 Å². The zero-order chi connectivity index (χ0) is 20.9. The summed E-state index contributed by atoms with van der Waals surface area (Å²) >= 11 is 1.44. The van der Waals surface area contributed by atoms with E-state index >= 15 is 0 Å². The van der Waals surface area contributed by atoms with Crippen molar-refractivity contribution < 1.29 is 9.53 Å². The highest BCUT2D eigenvalue weighted by atomic mass is 32.2. The maximum Gasteiger partial charge on any atom is 0.236 e. The van der Waals surface area contributed by atoms with E-state index in [1.54, 1.807) is 7.11 Å². The number of nitrogens with zero attached hydrogens (tertiary/aromatic N) is 3. The van der Waals surface area contributed by atoms with Gasteiger partial charge in [-0.25, -0.2) is 4.68 Å². The first-order valence-electron chi connectivity index (χ1n) is 10.1. The quantitative estimate of drug-likeness (QED) is 0.565. The van der Waals surface area contributed by atoms with E-state index in [9.17, 15) is 4.79 Å². The average molecular weight is 424 g/mol. The largest absolute Gasteiger partial charge is 0.497 e. The Kier molecular flexibility index (Phi) is 6.23. The van der Waals surface area contributed by atoms with Gasteiger partial charge in [0, 0.05) is 12.1 Å². The number of thioether (sulfide) groups is 1. The molecule has 1 aromatic heterocycles. The molecule has 1 aliphatic heterocycles. The molecule has 0 radical (unpaired) electrons. The number of hydrogen-bond donors (Lipinski definition) is 2. The number of methoxy groups -OCH3 is 1. The smallest absolute Gasteiger partial charge is 0.236 e. The third kappa shape index (κ3) is 4.14. The van der Waals surface area contributed by atoms with Gasteiger partial charge in [-0.2, -0.15) is 0 Å². The third-order valence-corrected chi connectivity index (χ3v) is 6.25. The third-order valence-electron chi connectivity index (χ3n) is 5.03. The van der Waals surface area contributed by atoms with E-state index in [4.69, 9.17) is 4.74 Å². The first-order chi connectivity index (χ1) is 14.7. The van der Waals surface area contributed by atoms with Crippen LogP contribution >= 0.6 is 11.8 Å². The van der Waals surface area contributed by atoms with Crippen LogP contribution in [0.25, 0.3) is 11.4 Å².